The fraction of sp³-hybridized carbons (Fsp3) is 0.867. The van der Waals surface area contributed by atoms with Gasteiger partial charge in [-0.25, -0.2) is 9.59 Å². The van der Waals surface area contributed by atoms with Gasteiger partial charge in [-0.1, -0.05) is 6.92 Å². The topological polar surface area (TPSA) is 126 Å². The van der Waals surface area contributed by atoms with Crippen LogP contribution in [0, 0.1) is 0 Å². The summed E-state index contributed by atoms with van der Waals surface area (Å²) in [4.78, 5) is 22.4. The zero-order valence-electron chi connectivity index (χ0n) is 14.9. The first-order chi connectivity index (χ1) is 11.5. The van der Waals surface area contributed by atoms with Gasteiger partial charge in [0.2, 0.25) is 0 Å². The first kappa shape index (κ1) is 24.7. The summed E-state index contributed by atoms with van der Waals surface area (Å²) in [6.07, 6.45) is 0.563. The monoisotopic (exact) mass is 352 g/mol. The maximum Gasteiger partial charge on any atom is 0.407 e. The van der Waals surface area contributed by atoms with Crippen LogP contribution in [0.3, 0.4) is 0 Å². The molecule has 0 aromatic carbocycles. The van der Waals surface area contributed by atoms with Gasteiger partial charge < -0.3 is 35.1 Å². The molecule has 9 nitrogen and oxygen atoms in total. The van der Waals surface area contributed by atoms with Crippen LogP contribution in [0.25, 0.3) is 0 Å². The number of unbranched alkanes of at least 4 members (excludes halogenated alkanes) is 1. The number of alkyl carbamates (subject to hydrolysis) is 2. The summed E-state index contributed by atoms with van der Waals surface area (Å²) in [5.41, 5.74) is 0. The molecule has 1 atom stereocenters. The third-order valence-corrected chi connectivity index (χ3v) is 2.53. The number of rotatable bonds is 11. The number of carbonyl (C=O) groups excluding carboxylic acids is 2. The quantitative estimate of drug-likeness (QED) is 0.402. The molecule has 0 heterocycles. The third kappa shape index (κ3) is 18.5. The Labute approximate surface area is 143 Å². The van der Waals surface area contributed by atoms with Gasteiger partial charge in [0.25, 0.3) is 0 Å². The van der Waals surface area contributed by atoms with E-state index in [-0.39, 0.29) is 19.8 Å². The van der Waals surface area contributed by atoms with Gasteiger partial charge >= 0.3 is 12.2 Å². The van der Waals surface area contributed by atoms with Crippen molar-refractivity contribution in [2.75, 3.05) is 46.6 Å². The van der Waals surface area contributed by atoms with Gasteiger partial charge in [0, 0.05) is 33.4 Å². The highest BCUT2D eigenvalue weighted by Gasteiger charge is 2.13. The van der Waals surface area contributed by atoms with Crippen LogP contribution in [0.2, 0.25) is 0 Å². The lowest BCUT2D eigenvalue weighted by Crippen LogP contribution is -2.33. The number of amides is 2. The molecule has 0 radical (unpaired) electrons. The van der Waals surface area contributed by atoms with Crippen LogP contribution < -0.4 is 10.6 Å². The van der Waals surface area contributed by atoms with E-state index in [4.69, 9.17) is 24.4 Å². The van der Waals surface area contributed by atoms with E-state index in [9.17, 15) is 9.59 Å². The Bertz CT molecular complexity index is 302. The van der Waals surface area contributed by atoms with Crippen molar-refractivity contribution in [3.8, 4) is 0 Å². The molecule has 24 heavy (non-hydrogen) atoms. The minimum Gasteiger partial charge on any atom is -0.447 e. The summed E-state index contributed by atoms with van der Waals surface area (Å²) < 4.78 is 14.8. The van der Waals surface area contributed by atoms with Crippen molar-refractivity contribution in [1.29, 1.82) is 0 Å². The van der Waals surface area contributed by atoms with E-state index in [1.807, 2.05) is 6.92 Å². The molecule has 1 unspecified atom stereocenters. The maximum atomic E-state index is 11.3. The molecule has 0 aromatic rings. The molecule has 0 aliphatic rings. The minimum absolute atomic E-state index is 0.000125. The van der Waals surface area contributed by atoms with Crippen molar-refractivity contribution in [3.05, 3.63) is 0 Å². The predicted molar refractivity (Wildman–Crippen MR) is 88.9 cm³/mol. The van der Waals surface area contributed by atoms with E-state index in [1.165, 1.54) is 7.11 Å². The van der Waals surface area contributed by atoms with Crippen molar-refractivity contribution >= 4 is 12.2 Å². The second-order valence-electron chi connectivity index (χ2n) is 4.67. The fourth-order valence-electron chi connectivity index (χ4n) is 1.20. The van der Waals surface area contributed by atoms with E-state index in [0.717, 1.165) is 6.42 Å². The average molecular weight is 352 g/mol. The van der Waals surface area contributed by atoms with Crippen molar-refractivity contribution in [1.82, 2.24) is 10.6 Å². The number of aliphatic hydroxyl groups excluding tert-OH is 2. The van der Waals surface area contributed by atoms with Crippen LogP contribution in [-0.2, 0) is 14.2 Å². The van der Waals surface area contributed by atoms with Gasteiger partial charge in [0.1, 0.15) is 19.3 Å². The number of aliphatic hydroxyl groups is 2. The summed E-state index contributed by atoms with van der Waals surface area (Å²) in [6.45, 7) is 5.02. The second-order valence-corrected chi connectivity index (χ2v) is 4.67. The van der Waals surface area contributed by atoms with Crippen LogP contribution in [-0.4, -0.2) is 75.1 Å². The number of hydrogen-bond donors (Lipinski definition) is 4. The highest BCUT2D eigenvalue weighted by Crippen LogP contribution is 1.95. The van der Waals surface area contributed by atoms with E-state index >= 15 is 0 Å². The number of nitrogens with one attached hydrogen (secondary N) is 2. The zero-order chi connectivity index (χ0) is 18.6. The number of ether oxygens (including phenoxy) is 3. The van der Waals surface area contributed by atoms with Crippen molar-refractivity contribution in [2.45, 2.75) is 39.2 Å². The standard InChI is InChI=1S/C12H24N2O6.C3H8O/c1-3-13-11(16)19-8-10(18-2)9-20-12(17)14-6-4-5-7-15;1-2-3-4/h10,15H,3-9H2,1-2H3,(H,13,16)(H,14,17);4H,2-3H2,1H3. The highest BCUT2D eigenvalue weighted by atomic mass is 16.6. The van der Waals surface area contributed by atoms with Crippen molar-refractivity contribution in [3.63, 3.8) is 0 Å². The van der Waals surface area contributed by atoms with Crippen LogP contribution >= 0.6 is 0 Å². The molecule has 144 valence electrons. The molecule has 4 N–H and O–H groups in total. The molecule has 2 amide bonds. The lowest BCUT2D eigenvalue weighted by atomic mass is 10.3. The highest BCUT2D eigenvalue weighted by molar-refractivity contribution is 5.67. The minimum atomic E-state index is -0.567. The van der Waals surface area contributed by atoms with Gasteiger partial charge in [0.05, 0.1) is 0 Å². The number of methoxy groups -OCH3 is 1. The summed E-state index contributed by atoms with van der Waals surface area (Å²) in [5, 5.41) is 21.5. The normalized spacial score (nSPS) is 10.9. The largest absolute Gasteiger partial charge is 0.447 e. The summed E-state index contributed by atoms with van der Waals surface area (Å²) in [7, 11) is 1.44. The number of hydrogen-bond acceptors (Lipinski definition) is 7. The summed E-state index contributed by atoms with van der Waals surface area (Å²) >= 11 is 0. The smallest absolute Gasteiger partial charge is 0.407 e. The van der Waals surface area contributed by atoms with E-state index in [0.29, 0.717) is 32.5 Å². The van der Waals surface area contributed by atoms with E-state index < -0.39 is 18.3 Å². The van der Waals surface area contributed by atoms with Crippen LogP contribution in [0.15, 0.2) is 0 Å². The molecule has 0 saturated heterocycles. The fourth-order valence-corrected chi connectivity index (χ4v) is 1.20. The molecule has 9 heteroatoms. The van der Waals surface area contributed by atoms with Crippen LogP contribution in [0.1, 0.15) is 33.1 Å². The zero-order valence-corrected chi connectivity index (χ0v) is 14.9. The maximum absolute atomic E-state index is 11.3. The Kier molecular flexibility index (Phi) is 20.0. The SMILES string of the molecule is CCCO.CCNC(=O)OCC(COC(=O)NCCCCO)OC. The molecular weight excluding hydrogens is 320 g/mol. The summed E-state index contributed by atoms with van der Waals surface area (Å²) in [6, 6.07) is 0. The number of carbonyl (C=O) groups is 2. The first-order valence-electron chi connectivity index (χ1n) is 8.11. The molecule has 0 aromatic heterocycles. The summed E-state index contributed by atoms with van der Waals surface area (Å²) in [5.74, 6) is 0. The molecule has 0 aliphatic heterocycles. The van der Waals surface area contributed by atoms with Crippen molar-refractivity contribution < 1.29 is 34.0 Å². The molecule has 0 rings (SSSR count). The Hall–Kier alpha value is -1.58. The second kappa shape index (κ2) is 19.5. The Morgan fingerprint density at radius 1 is 0.958 bits per heavy atom. The third-order valence-electron chi connectivity index (χ3n) is 2.53. The van der Waals surface area contributed by atoms with Crippen LogP contribution in [0.5, 0.6) is 0 Å². The first-order valence-corrected chi connectivity index (χ1v) is 8.11. The van der Waals surface area contributed by atoms with Crippen molar-refractivity contribution in [2.24, 2.45) is 0 Å². The van der Waals surface area contributed by atoms with Gasteiger partial charge in [0.15, 0.2) is 0 Å². The van der Waals surface area contributed by atoms with Crippen LogP contribution in [0.4, 0.5) is 9.59 Å². The molecule has 0 aliphatic carbocycles. The average Bonchev–Trinajstić information content (AvgIpc) is 2.59. The molecule has 0 saturated carbocycles. The predicted octanol–water partition coefficient (Wildman–Crippen LogP) is 0.635. The van der Waals surface area contributed by atoms with Gasteiger partial charge in [-0.05, 0) is 26.2 Å². The Morgan fingerprint density at radius 3 is 1.92 bits per heavy atom. The van der Waals surface area contributed by atoms with Gasteiger partial charge in [-0.3, -0.25) is 0 Å². The Morgan fingerprint density at radius 2 is 1.50 bits per heavy atom. The van der Waals surface area contributed by atoms with Gasteiger partial charge in [-0.15, -0.1) is 0 Å². The molecule has 0 spiro atoms. The lowest BCUT2D eigenvalue weighted by Gasteiger charge is -2.16. The molecule has 0 bridgehead atoms. The lowest BCUT2D eigenvalue weighted by molar-refractivity contribution is -0.00439. The van der Waals surface area contributed by atoms with E-state index in [2.05, 4.69) is 10.6 Å². The molecular formula is C15H32N2O7. The van der Waals surface area contributed by atoms with E-state index in [1.54, 1.807) is 6.92 Å². The molecule has 0 fully saturated rings. The van der Waals surface area contributed by atoms with Gasteiger partial charge in [-0.2, -0.15) is 0 Å². The Balaban J connectivity index is 0.